The molecule has 1 amide bonds. The van der Waals surface area contributed by atoms with Gasteiger partial charge in [-0.3, -0.25) is 4.79 Å². The summed E-state index contributed by atoms with van der Waals surface area (Å²) in [6, 6.07) is 4.05. The highest BCUT2D eigenvalue weighted by atomic mass is 16.2. The number of piperidine rings is 1. The molecule has 1 saturated carbocycles. The van der Waals surface area contributed by atoms with E-state index in [9.17, 15) is 4.79 Å². The minimum absolute atomic E-state index is 0.343. The number of hydrogen-bond acceptors (Lipinski definition) is 4. The SMILES string of the molecule is Cc1cc(NCC2CCN(C(=O)C3CC3)CC2)n2nc(C)cc2n1. The van der Waals surface area contributed by atoms with Gasteiger partial charge in [-0.15, -0.1) is 0 Å². The summed E-state index contributed by atoms with van der Waals surface area (Å²) in [5.41, 5.74) is 2.86. The average molecular weight is 327 g/mol. The van der Waals surface area contributed by atoms with Gasteiger partial charge in [0.15, 0.2) is 5.65 Å². The maximum Gasteiger partial charge on any atom is 0.225 e. The molecule has 1 saturated heterocycles. The van der Waals surface area contributed by atoms with E-state index in [1.165, 1.54) is 0 Å². The first kappa shape index (κ1) is 15.4. The monoisotopic (exact) mass is 327 g/mol. The van der Waals surface area contributed by atoms with Gasteiger partial charge in [-0.1, -0.05) is 0 Å². The standard InChI is InChI=1S/C18H25N5O/c1-12-9-16(23-17(20-12)10-13(2)21-23)19-11-14-5-7-22(8-6-14)18(24)15-3-4-15/h9-10,14-15,19H,3-8,11H2,1-2H3. The van der Waals surface area contributed by atoms with Crippen LogP contribution in [0.3, 0.4) is 0 Å². The fraction of sp³-hybridized carbons (Fsp3) is 0.611. The third-order valence-electron chi connectivity index (χ3n) is 5.10. The summed E-state index contributed by atoms with van der Waals surface area (Å²) < 4.78 is 1.88. The first-order chi connectivity index (χ1) is 11.6. The fourth-order valence-corrected chi connectivity index (χ4v) is 3.54. The normalized spacial score (nSPS) is 19.0. The third-order valence-corrected chi connectivity index (χ3v) is 5.10. The molecule has 0 spiro atoms. The molecular formula is C18H25N5O. The van der Waals surface area contributed by atoms with Crippen LogP contribution in [0.4, 0.5) is 5.82 Å². The largest absolute Gasteiger partial charge is 0.370 e. The molecule has 3 heterocycles. The zero-order valence-electron chi connectivity index (χ0n) is 14.5. The van der Waals surface area contributed by atoms with Crippen LogP contribution in [0.5, 0.6) is 0 Å². The van der Waals surface area contributed by atoms with Gasteiger partial charge in [0, 0.05) is 43.4 Å². The summed E-state index contributed by atoms with van der Waals surface area (Å²) in [6.45, 7) is 6.74. The third kappa shape index (κ3) is 3.09. The molecule has 0 atom stereocenters. The van der Waals surface area contributed by atoms with Gasteiger partial charge < -0.3 is 10.2 Å². The Morgan fingerprint density at radius 1 is 1.17 bits per heavy atom. The zero-order valence-corrected chi connectivity index (χ0v) is 14.5. The molecule has 0 bridgehead atoms. The molecule has 128 valence electrons. The highest BCUT2D eigenvalue weighted by Crippen LogP contribution is 2.32. The van der Waals surface area contributed by atoms with Gasteiger partial charge in [-0.05, 0) is 45.4 Å². The summed E-state index contributed by atoms with van der Waals surface area (Å²) in [7, 11) is 0. The molecule has 2 fully saturated rings. The maximum absolute atomic E-state index is 12.1. The van der Waals surface area contributed by atoms with Crippen LogP contribution >= 0.6 is 0 Å². The number of aromatic nitrogens is 3. The second kappa shape index (κ2) is 6.07. The van der Waals surface area contributed by atoms with Crippen molar-refractivity contribution in [3.8, 4) is 0 Å². The smallest absolute Gasteiger partial charge is 0.225 e. The van der Waals surface area contributed by atoms with E-state index in [1.54, 1.807) is 0 Å². The van der Waals surface area contributed by atoms with E-state index in [1.807, 2.05) is 30.5 Å². The van der Waals surface area contributed by atoms with E-state index < -0.39 is 0 Å². The lowest BCUT2D eigenvalue weighted by Gasteiger charge is -2.32. The lowest BCUT2D eigenvalue weighted by atomic mass is 9.96. The molecule has 1 aliphatic carbocycles. The van der Waals surface area contributed by atoms with Crippen LogP contribution in [0, 0.1) is 25.7 Å². The quantitative estimate of drug-likeness (QED) is 0.937. The first-order valence-electron chi connectivity index (χ1n) is 8.97. The van der Waals surface area contributed by atoms with Crippen molar-refractivity contribution in [1.29, 1.82) is 0 Å². The van der Waals surface area contributed by atoms with Gasteiger partial charge >= 0.3 is 0 Å². The summed E-state index contributed by atoms with van der Waals surface area (Å²) in [5.74, 6) is 2.34. The van der Waals surface area contributed by atoms with Crippen molar-refractivity contribution >= 4 is 17.4 Å². The molecule has 1 N–H and O–H groups in total. The number of amides is 1. The molecular weight excluding hydrogens is 302 g/mol. The second-order valence-corrected chi connectivity index (χ2v) is 7.26. The summed E-state index contributed by atoms with van der Waals surface area (Å²) in [6.07, 6.45) is 4.36. The molecule has 0 radical (unpaired) electrons. The number of carbonyl (C=O) groups excluding carboxylic acids is 1. The van der Waals surface area contributed by atoms with Crippen LogP contribution in [0.2, 0.25) is 0 Å². The maximum atomic E-state index is 12.1. The Hall–Kier alpha value is -2.11. The Balaban J connectivity index is 1.37. The Bertz CT molecular complexity index is 756. The van der Waals surface area contributed by atoms with Gasteiger partial charge in [0.05, 0.1) is 5.69 Å². The lowest BCUT2D eigenvalue weighted by Crippen LogP contribution is -2.40. The summed E-state index contributed by atoms with van der Waals surface area (Å²) >= 11 is 0. The number of nitrogens with zero attached hydrogens (tertiary/aromatic N) is 4. The van der Waals surface area contributed by atoms with E-state index in [0.29, 0.717) is 17.7 Å². The molecule has 2 aliphatic rings. The first-order valence-corrected chi connectivity index (χ1v) is 8.97. The van der Waals surface area contributed by atoms with Crippen molar-refractivity contribution in [3.63, 3.8) is 0 Å². The topological polar surface area (TPSA) is 62.5 Å². The van der Waals surface area contributed by atoms with Crippen molar-refractivity contribution in [2.45, 2.75) is 39.5 Å². The Morgan fingerprint density at radius 2 is 1.92 bits per heavy atom. The lowest BCUT2D eigenvalue weighted by molar-refractivity contribution is -0.133. The number of anilines is 1. The van der Waals surface area contributed by atoms with Gasteiger partial charge in [0.2, 0.25) is 5.91 Å². The molecule has 0 aromatic carbocycles. The number of likely N-dealkylation sites (tertiary alicyclic amines) is 1. The van der Waals surface area contributed by atoms with Crippen molar-refractivity contribution in [2.24, 2.45) is 11.8 Å². The van der Waals surface area contributed by atoms with Crippen molar-refractivity contribution in [3.05, 3.63) is 23.5 Å². The number of aryl methyl sites for hydroxylation is 2. The summed E-state index contributed by atoms with van der Waals surface area (Å²) in [5, 5.41) is 8.07. The van der Waals surface area contributed by atoms with E-state index in [2.05, 4.69) is 20.3 Å². The minimum Gasteiger partial charge on any atom is -0.370 e. The van der Waals surface area contributed by atoms with Crippen LogP contribution in [-0.2, 0) is 4.79 Å². The van der Waals surface area contributed by atoms with E-state index in [-0.39, 0.29) is 0 Å². The van der Waals surface area contributed by atoms with Gasteiger partial charge in [0.1, 0.15) is 5.82 Å². The Morgan fingerprint density at radius 3 is 2.62 bits per heavy atom. The van der Waals surface area contributed by atoms with Crippen molar-refractivity contribution < 1.29 is 4.79 Å². The van der Waals surface area contributed by atoms with Crippen LogP contribution in [0.15, 0.2) is 12.1 Å². The Kier molecular flexibility index (Phi) is 3.90. The predicted octanol–water partition coefficient (Wildman–Crippen LogP) is 2.41. The fourth-order valence-electron chi connectivity index (χ4n) is 3.54. The van der Waals surface area contributed by atoms with Crippen molar-refractivity contribution in [2.75, 3.05) is 25.0 Å². The van der Waals surface area contributed by atoms with Crippen LogP contribution in [0.1, 0.15) is 37.1 Å². The molecule has 0 unspecified atom stereocenters. The van der Waals surface area contributed by atoms with Crippen molar-refractivity contribution in [1.82, 2.24) is 19.5 Å². The molecule has 24 heavy (non-hydrogen) atoms. The van der Waals surface area contributed by atoms with Crippen LogP contribution in [-0.4, -0.2) is 45.0 Å². The number of fused-ring (bicyclic) bond motifs is 1. The van der Waals surface area contributed by atoms with Gasteiger partial charge in [0.25, 0.3) is 0 Å². The number of hydrogen-bond donors (Lipinski definition) is 1. The average Bonchev–Trinajstić information content (AvgIpc) is 3.34. The minimum atomic E-state index is 0.343. The van der Waals surface area contributed by atoms with Gasteiger partial charge in [-0.25, -0.2) is 4.98 Å². The van der Waals surface area contributed by atoms with Crippen LogP contribution < -0.4 is 5.32 Å². The number of nitrogens with one attached hydrogen (secondary N) is 1. The van der Waals surface area contributed by atoms with E-state index >= 15 is 0 Å². The number of rotatable bonds is 4. The predicted molar refractivity (Wildman–Crippen MR) is 93.0 cm³/mol. The molecule has 6 heteroatoms. The molecule has 2 aromatic rings. The highest BCUT2D eigenvalue weighted by Gasteiger charge is 2.34. The van der Waals surface area contributed by atoms with E-state index in [4.69, 9.17) is 0 Å². The second-order valence-electron chi connectivity index (χ2n) is 7.26. The number of carbonyl (C=O) groups is 1. The summed E-state index contributed by atoms with van der Waals surface area (Å²) in [4.78, 5) is 18.7. The molecule has 2 aromatic heterocycles. The Labute approximate surface area is 142 Å². The van der Waals surface area contributed by atoms with Crippen LogP contribution in [0.25, 0.3) is 5.65 Å². The van der Waals surface area contributed by atoms with Gasteiger partial charge in [-0.2, -0.15) is 9.61 Å². The molecule has 4 rings (SSSR count). The zero-order chi connectivity index (χ0) is 16.7. The highest BCUT2D eigenvalue weighted by molar-refractivity contribution is 5.81. The molecule has 1 aliphatic heterocycles. The molecule has 6 nitrogen and oxygen atoms in total. The van der Waals surface area contributed by atoms with E-state index in [0.717, 1.165) is 68.2 Å².